The molecule has 1 atom stereocenters. The number of ether oxygens (including phenoxy) is 3. The summed E-state index contributed by atoms with van der Waals surface area (Å²) in [5.41, 5.74) is 0. The van der Waals surface area contributed by atoms with Crippen LogP contribution in [0, 0.1) is 11.8 Å². The Morgan fingerprint density at radius 3 is 0.925 bits per heavy atom. The molecule has 0 rings (SSSR count). The van der Waals surface area contributed by atoms with Gasteiger partial charge >= 0.3 is 17.9 Å². The molecule has 0 fully saturated rings. The van der Waals surface area contributed by atoms with Gasteiger partial charge in [0.25, 0.3) is 0 Å². The van der Waals surface area contributed by atoms with Crippen LogP contribution in [0.25, 0.3) is 0 Å². The lowest BCUT2D eigenvalue weighted by atomic mass is 10.0. The highest BCUT2D eigenvalue weighted by atomic mass is 16.6. The molecule has 0 saturated carbocycles. The zero-order chi connectivity index (χ0) is 39.0. The number of rotatable bonds is 41. The normalized spacial score (nSPS) is 12.1. The Labute approximate surface area is 329 Å². The molecule has 0 saturated heterocycles. The molecular formula is C47H90O6. The first kappa shape index (κ1) is 51.4. The van der Waals surface area contributed by atoms with Gasteiger partial charge in [0.2, 0.25) is 0 Å². The Kier molecular flexibility index (Phi) is 38.9. The van der Waals surface area contributed by atoms with Crippen LogP contribution < -0.4 is 0 Å². The second kappa shape index (κ2) is 40.1. The predicted octanol–water partition coefficient (Wildman–Crippen LogP) is 14.6. The fourth-order valence-corrected chi connectivity index (χ4v) is 6.93. The van der Waals surface area contributed by atoms with Crippen LogP contribution >= 0.6 is 0 Å². The second-order valence-electron chi connectivity index (χ2n) is 17.0. The molecule has 53 heavy (non-hydrogen) atoms. The molecule has 0 aliphatic carbocycles. The van der Waals surface area contributed by atoms with Gasteiger partial charge in [-0.3, -0.25) is 14.4 Å². The van der Waals surface area contributed by atoms with Gasteiger partial charge in [0.15, 0.2) is 6.10 Å². The van der Waals surface area contributed by atoms with Crippen molar-refractivity contribution < 1.29 is 28.6 Å². The van der Waals surface area contributed by atoms with Crippen LogP contribution in [-0.2, 0) is 28.6 Å². The molecule has 0 aliphatic heterocycles. The number of carbonyl (C=O) groups excluding carboxylic acids is 3. The molecular weight excluding hydrogens is 661 g/mol. The van der Waals surface area contributed by atoms with E-state index in [2.05, 4.69) is 34.6 Å². The first-order valence-corrected chi connectivity index (χ1v) is 23.2. The summed E-state index contributed by atoms with van der Waals surface area (Å²) in [6.07, 6.45) is 38.4. The van der Waals surface area contributed by atoms with Gasteiger partial charge < -0.3 is 14.2 Å². The third-order valence-corrected chi connectivity index (χ3v) is 10.5. The molecule has 0 aliphatic rings. The highest BCUT2D eigenvalue weighted by Crippen LogP contribution is 2.17. The highest BCUT2D eigenvalue weighted by Gasteiger charge is 2.19. The van der Waals surface area contributed by atoms with Crippen molar-refractivity contribution in [1.82, 2.24) is 0 Å². The summed E-state index contributed by atoms with van der Waals surface area (Å²) < 4.78 is 16.6. The van der Waals surface area contributed by atoms with E-state index in [0.717, 1.165) is 76.0 Å². The van der Waals surface area contributed by atoms with E-state index in [1.165, 1.54) is 135 Å². The van der Waals surface area contributed by atoms with E-state index in [1.807, 2.05) is 0 Å². The van der Waals surface area contributed by atoms with Gasteiger partial charge in [-0.1, -0.05) is 214 Å². The van der Waals surface area contributed by atoms with Gasteiger partial charge in [0.05, 0.1) is 0 Å². The monoisotopic (exact) mass is 751 g/mol. The maximum absolute atomic E-state index is 12.5. The fraction of sp³-hybridized carbons (Fsp3) is 0.936. The van der Waals surface area contributed by atoms with Crippen LogP contribution in [0.2, 0.25) is 0 Å². The first-order chi connectivity index (χ1) is 25.7. The maximum atomic E-state index is 12.5. The zero-order valence-corrected chi connectivity index (χ0v) is 36.1. The molecule has 0 unspecified atom stereocenters. The van der Waals surface area contributed by atoms with Crippen molar-refractivity contribution in [2.24, 2.45) is 11.8 Å². The van der Waals surface area contributed by atoms with Crippen molar-refractivity contribution in [2.45, 2.75) is 259 Å². The Morgan fingerprint density at radius 1 is 0.358 bits per heavy atom. The van der Waals surface area contributed by atoms with Crippen molar-refractivity contribution >= 4 is 17.9 Å². The Balaban J connectivity index is 4.11. The maximum Gasteiger partial charge on any atom is 0.306 e. The van der Waals surface area contributed by atoms with Gasteiger partial charge in [-0.25, -0.2) is 0 Å². The molecule has 0 aromatic heterocycles. The van der Waals surface area contributed by atoms with E-state index in [4.69, 9.17) is 14.2 Å². The molecule has 6 nitrogen and oxygen atoms in total. The quantitative estimate of drug-likeness (QED) is 0.0352. The smallest absolute Gasteiger partial charge is 0.306 e. The number of carbonyl (C=O) groups is 3. The number of hydrogen-bond donors (Lipinski definition) is 0. The van der Waals surface area contributed by atoms with Crippen LogP contribution in [-0.4, -0.2) is 37.2 Å². The number of esters is 3. The summed E-state index contributed by atoms with van der Waals surface area (Å²) in [5, 5.41) is 0. The molecule has 0 N–H and O–H groups in total. The minimum absolute atomic E-state index is 0.0659. The van der Waals surface area contributed by atoms with E-state index in [0.29, 0.717) is 19.3 Å². The van der Waals surface area contributed by atoms with E-state index < -0.39 is 6.10 Å². The topological polar surface area (TPSA) is 78.9 Å². The van der Waals surface area contributed by atoms with Crippen LogP contribution in [0.15, 0.2) is 0 Å². The third kappa shape index (κ3) is 41.4. The van der Waals surface area contributed by atoms with Crippen molar-refractivity contribution in [3.8, 4) is 0 Å². The van der Waals surface area contributed by atoms with E-state index in [-0.39, 0.29) is 31.1 Å². The van der Waals surface area contributed by atoms with Crippen LogP contribution in [0.5, 0.6) is 0 Å². The molecule has 0 aromatic rings. The van der Waals surface area contributed by atoms with Crippen molar-refractivity contribution in [2.75, 3.05) is 13.2 Å². The van der Waals surface area contributed by atoms with Gasteiger partial charge in [-0.15, -0.1) is 0 Å². The van der Waals surface area contributed by atoms with E-state index >= 15 is 0 Å². The molecule has 6 heteroatoms. The van der Waals surface area contributed by atoms with Crippen LogP contribution in [0.4, 0.5) is 0 Å². The second-order valence-corrected chi connectivity index (χ2v) is 17.0. The minimum Gasteiger partial charge on any atom is -0.462 e. The number of hydrogen-bond acceptors (Lipinski definition) is 6. The Hall–Kier alpha value is -1.59. The SMILES string of the molecule is CCCCCCCC(=O)O[C@@H](COC(=O)CCCCCCCCCCCCCCCCC(C)C)COC(=O)CCCCCCCCCCCCC(C)C. The number of unbranched alkanes of at least 4 members (excludes halogenated alkanes) is 26. The predicted molar refractivity (Wildman–Crippen MR) is 224 cm³/mol. The summed E-state index contributed by atoms with van der Waals surface area (Å²) in [5.74, 6) is 0.793. The average molecular weight is 751 g/mol. The summed E-state index contributed by atoms with van der Waals surface area (Å²) in [7, 11) is 0. The first-order valence-electron chi connectivity index (χ1n) is 23.2. The highest BCUT2D eigenvalue weighted by molar-refractivity contribution is 5.71. The van der Waals surface area contributed by atoms with Crippen LogP contribution in [0.1, 0.15) is 253 Å². The van der Waals surface area contributed by atoms with E-state index in [1.54, 1.807) is 0 Å². The Bertz CT molecular complexity index is 809. The fourth-order valence-electron chi connectivity index (χ4n) is 6.93. The molecule has 314 valence electrons. The minimum atomic E-state index is -0.758. The summed E-state index contributed by atoms with van der Waals surface area (Å²) in [6, 6.07) is 0. The van der Waals surface area contributed by atoms with Gasteiger partial charge in [0, 0.05) is 19.3 Å². The Morgan fingerprint density at radius 2 is 0.623 bits per heavy atom. The standard InChI is InChI=1S/C47H90O6/c1-6-7-8-25-34-39-47(50)53-44(41-52-46(49)38-33-29-24-20-16-15-18-22-27-31-36-43(4)5)40-51-45(48)37-32-28-23-19-14-12-10-9-11-13-17-21-26-30-35-42(2)3/h42-44H,6-41H2,1-5H3/t44-/m0/s1. The summed E-state index contributed by atoms with van der Waals surface area (Å²) in [6.45, 7) is 11.3. The third-order valence-electron chi connectivity index (χ3n) is 10.5. The van der Waals surface area contributed by atoms with Crippen molar-refractivity contribution in [1.29, 1.82) is 0 Å². The summed E-state index contributed by atoms with van der Waals surface area (Å²) >= 11 is 0. The van der Waals surface area contributed by atoms with Crippen molar-refractivity contribution in [3.63, 3.8) is 0 Å². The molecule has 0 aromatic carbocycles. The molecule has 0 spiro atoms. The lowest BCUT2D eigenvalue weighted by molar-refractivity contribution is -0.167. The van der Waals surface area contributed by atoms with Gasteiger partial charge in [-0.2, -0.15) is 0 Å². The lowest BCUT2D eigenvalue weighted by Crippen LogP contribution is -2.30. The van der Waals surface area contributed by atoms with Crippen LogP contribution in [0.3, 0.4) is 0 Å². The molecule has 0 heterocycles. The average Bonchev–Trinajstić information content (AvgIpc) is 3.12. The van der Waals surface area contributed by atoms with Gasteiger partial charge in [0.1, 0.15) is 13.2 Å². The largest absolute Gasteiger partial charge is 0.462 e. The summed E-state index contributed by atoms with van der Waals surface area (Å²) in [4.78, 5) is 37.5. The molecule has 0 bridgehead atoms. The van der Waals surface area contributed by atoms with E-state index in [9.17, 15) is 14.4 Å². The van der Waals surface area contributed by atoms with Crippen molar-refractivity contribution in [3.05, 3.63) is 0 Å². The lowest BCUT2D eigenvalue weighted by Gasteiger charge is -2.18. The molecule has 0 radical (unpaired) electrons. The zero-order valence-electron chi connectivity index (χ0n) is 36.1. The van der Waals surface area contributed by atoms with Gasteiger partial charge in [-0.05, 0) is 31.1 Å². The molecule has 0 amide bonds.